The highest BCUT2D eigenvalue weighted by molar-refractivity contribution is 8.26. The van der Waals surface area contributed by atoms with Crippen LogP contribution < -0.4 is 0 Å². The monoisotopic (exact) mass is 460 g/mol. The van der Waals surface area contributed by atoms with Gasteiger partial charge < -0.3 is 0 Å². The Bertz CT molecular complexity index is 1320. The second kappa shape index (κ2) is 8.22. The number of thioether (sulfide) groups is 1. The molecular weight excluding hydrogens is 444 g/mol. The maximum atomic E-state index is 12.8. The summed E-state index contributed by atoms with van der Waals surface area (Å²) in [4.78, 5) is 19.7. The van der Waals surface area contributed by atoms with E-state index in [9.17, 15) is 4.79 Å². The lowest BCUT2D eigenvalue weighted by molar-refractivity contribution is -0.121. The van der Waals surface area contributed by atoms with Gasteiger partial charge in [0, 0.05) is 18.3 Å². The summed E-state index contributed by atoms with van der Waals surface area (Å²) in [7, 11) is 0. The van der Waals surface area contributed by atoms with Gasteiger partial charge in [0.2, 0.25) is 0 Å². The summed E-state index contributed by atoms with van der Waals surface area (Å²) in [5.74, 6) is -0.113. The molecule has 0 radical (unpaired) electrons. The largest absolute Gasteiger partial charge is 0.289 e. The SMILES string of the molecule is C=CCN1C(=O)/C(=C/c2cn(-c3ccccc3)nc2-c2nc3ccccc3s2)SC1=S. The van der Waals surface area contributed by atoms with Crippen LogP contribution in [0.1, 0.15) is 5.56 Å². The molecule has 31 heavy (non-hydrogen) atoms. The van der Waals surface area contributed by atoms with Crippen LogP contribution in [0.3, 0.4) is 0 Å². The number of thiazole rings is 1. The molecule has 0 atom stereocenters. The molecule has 1 aliphatic rings. The molecule has 0 saturated carbocycles. The number of aromatic nitrogens is 3. The van der Waals surface area contributed by atoms with Crippen molar-refractivity contribution in [2.75, 3.05) is 6.54 Å². The number of fused-ring (bicyclic) bond motifs is 1. The Balaban J connectivity index is 1.63. The van der Waals surface area contributed by atoms with Gasteiger partial charge in [0.05, 0.1) is 20.8 Å². The summed E-state index contributed by atoms with van der Waals surface area (Å²) in [5.41, 5.74) is 3.42. The molecule has 0 spiro atoms. The molecule has 0 unspecified atom stereocenters. The highest BCUT2D eigenvalue weighted by Gasteiger charge is 2.31. The van der Waals surface area contributed by atoms with Gasteiger partial charge in [-0.05, 0) is 30.3 Å². The zero-order valence-corrected chi connectivity index (χ0v) is 18.7. The van der Waals surface area contributed by atoms with E-state index in [0.29, 0.717) is 15.8 Å². The highest BCUT2D eigenvalue weighted by Crippen LogP contribution is 2.36. The van der Waals surface area contributed by atoms with Crippen LogP contribution in [0.2, 0.25) is 0 Å². The Morgan fingerprint density at radius 1 is 1.10 bits per heavy atom. The number of thiocarbonyl (C=S) groups is 1. The molecule has 152 valence electrons. The van der Waals surface area contributed by atoms with Gasteiger partial charge in [-0.15, -0.1) is 17.9 Å². The van der Waals surface area contributed by atoms with Crippen molar-refractivity contribution in [2.45, 2.75) is 0 Å². The molecule has 1 saturated heterocycles. The molecule has 1 fully saturated rings. The minimum Gasteiger partial charge on any atom is -0.289 e. The molecule has 8 heteroatoms. The van der Waals surface area contributed by atoms with E-state index in [-0.39, 0.29) is 5.91 Å². The minimum absolute atomic E-state index is 0.113. The Morgan fingerprint density at radius 3 is 2.65 bits per heavy atom. The molecule has 4 aromatic rings. The summed E-state index contributed by atoms with van der Waals surface area (Å²) < 4.78 is 3.45. The van der Waals surface area contributed by atoms with Crippen molar-refractivity contribution in [1.29, 1.82) is 0 Å². The first-order valence-corrected chi connectivity index (χ1v) is 11.6. The fraction of sp³-hybridized carbons (Fsp3) is 0.0435. The minimum atomic E-state index is -0.113. The lowest BCUT2D eigenvalue weighted by Gasteiger charge is -2.10. The fourth-order valence-electron chi connectivity index (χ4n) is 3.27. The van der Waals surface area contributed by atoms with E-state index in [0.717, 1.165) is 32.2 Å². The van der Waals surface area contributed by atoms with Crippen LogP contribution in [-0.2, 0) is 4.79 Å². The number of para-hydroxylation sites is 2. The number of hydrogen-bond donors (Lipinski definition) is 0. The predicted molar refractivity (Wildman–Crippen MR) is 132 cm³/mol. The average Bonchev–Trinajstić information content (AvgIpc) is 3.47. The van der Waals surface area contributed by atoms with Crippen molar-refractivity contribution >= 4 is 61.8 Å². The van der Waals surface area contributed by atoms with Crippen molar-refractivity contribution in [3.63, 3.8) is 0 Å². The van der Waals surface area contributed by atoms with Gasteiger partial charge in [0.1, 0.15) is 15.0 Å². The number of nitrogens with zero attached hydrogens (tertiary/aromatic N) is 4. The molecule has 5 nitrogen and oxygen atoms in total. The van der Waals surface area contributed by atoms with E-state index in [1.807, 2.05) is 71.6 Å². The van der Waals surface area contributed by atoms with Gasteiger partial charge in [0.15, 0.2) is 0 Å². The molecule has 2 aromatic heterocycles. The number of benzene rings is 2. The molecule has 0 N–H and O–H groups in total. The summed E-state index contributed by atoms with van der Waals surface area (Å²) in [6, 6.07) is 17.9. The van der Waals surface area contributed by atoms with Gasteiger partial charge >= 0.3 is 0 Å². The second-order valence-corrected chi connectivity index (χ2v) is 9.49. The summed E-state index contributed by atoms with van der Waals surface area (Å²) >= 11 is 8.26. The van der Waals surface area contributed by atoms with Crippen LogP contribution in [0.4, 0.5) is 0 Å². The number of hydrogen-bond acceptors (Lipinski definition) is 6. The van der Waals surface area contributed by atoms with Crippen molar-refractivity contribution in [3.8, 4) is 16.4 Å². The third-order valence-corrected chi connectivity index (χ3v) is 7.15. The number of carbonyl (C=O) groups is 1. The van der Waals surface area contributed by atoms with Gasteiger partial charge in [0.25, 0.3) is 5.91 Å². The third kappa shape index (κ3) is 3.74. The van der Waals surface area contributed by atoms with Gasteiger partial charge in [-0.1, -0.05) is 60.4 Å². The normalized spacial score (nSPS) is 15.4. The van der Waals surface area contributed by atoms with Crippen LogP contribution >= 0.6 is 35.3 Å². The Morgan fingerprint density at radius 2 is 1.87 bits per heavy atom. The van der Waals surface area contributed by atoms with Gasteiger partial charge in [-0.3, -0.25) is 9.69 Å². The predicted octanol–water partition coefficient (Wildman–Crippen LogP) is 5.54. The molecule has 0 bridgehead atoms. The zero-order chi connectivity index (χ0) is 21.4. The number of carbonyl (C=O) groups excluding carboxylic acids is 1. The second-order valence-electron chi connectivity index (χ2n) is 6.78. The Labute approximate surface area is 192 Å². The highest BCUT2D eigenvalue weighted by atomic mass is 32.2. The summed E-state index contributed by atoms with van der Waals surface area (Å²) in [5, 5.41) is 5.63. The van der Waals surface area contributed by atoms with E-state index in [1.54, 1.807) is 22.3 Å². The van der Waals surface area contributed by atoms with Crippen LogP contribution in [0, 0.1) is 0 Å². The van der Waals surface area contributed by atoms with Crippen molar-refractivity contribution in [1.82, 2.24) is 19.7 Å². The first-order chi connectivity index (χ1) is 15.1. The smallest absolute Gasteiger partial charge is 0.266 e. The summed E-state index contributed by atoms with van der Waals surface area (Å²) in [6.45, 7) is 4.11. The molecule has 3 heterocycles. The molecule has 2 aromatic carbocycles. The van der Waals surface area contributed by atoms with Crippen LogP contribution in [0.15, 0.2) is 78.4 Å². The maximum absolute atomic E-state index is 12.8. The number of rotatable bonds is 5. The molecule has 1 aliphatic heterocycles. The molecular formula is C23H16N4OS3. The first-order valence-electron chi connectivity index (χ1n) is 9.51. The van der Waals surface area contributed by atoms with Crippen LogP contribution in [0.5, 0.6) is 0 Å². The molecule has 1 amide bonds. The lowest BCUT2D eigenvalue weighted by atomic mass is 10.2. The molecule has 0 aliphatic carbocycles. The van der Waals surface area contributed by atoms with E-state index in [4.69, 9.17) is 22.3 Å². The Hall–Kier alpha value is -3.07. The summed E-state index contributed by atoms with van der Waals surface area (Å²) in [6.07, 6.45) is 5.46. The quantitative estimate of drug-likeness (QED) is 0.222. The Kier molecular flexibility index (Phi) is 5.27. The lowest BCUT2D eigenvalue weighted by Crippen LogP contribution is -2.27. The van der Waals surface area contributed by atoms with Crippen LogP contribution in [0.25, 0.3) is 32.7 Å². The zero-order valence-electron chi connectivity index (χ0n) is 16.3. The molecule has 5 rings (SSSR count). The van der Waals surface area contributed by atoms with E-state index in [1.165, 1.54) is 11.8 Å². The fourth-order valence-corrected chi connectivity index (χ4v) is 5.51. The first kappa shape index (κ1) is 19.9. The topological polar surface area (TPSA) is 51.0 Å². The van der Waals surface area contributed by atoms with Crippen molar-refractivity contribution in [3.05, 3.63) is 83.9 Å². The van der Waals surface area contributed by atoms with Crippen molar-refractivity contribution in [2.24, 2.45) is 0 Å². The van der Waals surface area contributed by atoms with E-state index < -0.39 is 0 Å². The average molecular weight is 461 g/mol. The van der Waals surface area contributed by atoms with E-state index in [2.05, 4.69) is 6.58 Å². The maximum Gasteiger partial charge on any atom is 0.266 e. The van der Waals surface area contributed by atoms with Gasteiger partial charge in [-0.25, -0.2) is 9.67 Å². The third-order valence-electron chi connectivity index (χ3n) is 4.73. The van der Waals surface area contributed by atoms with Crippen molar-refractivity contribution < 1.29 is 4.79 Å². The van der Waals surface area contributed by atoms with Crippen LogP contribution in [-0.4, -0.2) is 36.4 Å². The number of amides is 1. The standard InChI is InChI=1S/C23H16N4OS3/c1-2-12-26-22(28)19(31-23(26)29)13-15-14-27(16-8-4-3-5-9-16)25-20(15)21-24-17-10-6-7-11-18(17)30-21/h2-11,13-14H,1,12H2/b19-13-. The van der Waals surface area contributed by atoms with E-state index >= 15 is 0 Å². The van der Waals surface area contributed by atoms with Gasteiger partial charge in [-0.2, -0.15) is 5.10 Å².